The van der Waals surface area contributed by atoms with E-state index in [0.717, 1.165) is 35.4 Å². The van der Waals surface area contributed by atoms with Crippen LogP contribution in [0.5, 0.6) is 17.2 Å². The molecule has 0 aliphatic rings. The van der Waals surface area contributed by atoms with Crippen molar-refractivity contribution in [2.45, 2.75) is 12.8 Å². The summed E-state index contributed by atoms with van der Waals surface area (Å²) < 4.78 is 16.3. The van der Waals surface area contributed by atoms with Gasteiger partial charge < -0.3 is 19.2 Å². The van der Waals surface area contributed by atoms with Crippen molar-refractivity contribution in [2.24, 2.45) is 0 Å². The molecule has 0 saturated heterocycles. The second-order valence-electron chi connectivity index (χ2n) is 5.17. The van der Waals surface area contributed by atoms with Gasteiger partial charge in [0.05, 0.1) is 31.9 Å². The molecule has 0 radical (unpaired) electrons. The highest BCUT2D eigenvalue weighted by Crippen LogP contribution is 2.31. The molecule has 1 aromatic heterocycles. The fourth-order valence-electron chi connectivity index (χ4n) is 2.45. The molecule has 0 atom stereocenters. The molecule has 5 heteroatoms. The van der Waals surface area contributed by atoms with Gasteiger partial charge in [0.1, 0.15) is 11.6 Å². The summed E-state index contributed by atoms with van der Waals surface area (Å²) in [7, 11) is 3.25. The van der Waals surface area contributed by atoms with Crippen LogP contribution < -0.4 is 14.2 Å². The van der Waals surface area contributed by atoms with E-state index in [-0.39, 0.29) is 0 Å². The molecule has 0 amide bonds. The second-order valence-corrected chi connectivity index (χ2v) is 5.17. The predicted octanol–water partition coefficient (Wildman–Crippen LogP) is 3.59. The first kappa shape index (κ1) is 15.2. The maximum absolute atomic E-state index is 5.69. The molecule has 120 valence electrons. The zero-order valence-corrected chi connectivity index (χ0v) is 13.3. The predicted molar refractivity (Wildman–Crippen MR) is 89.5 cm³/mol. The highest BCUT2D eigenvalue weighted by molar-refractivity contribution is 5.79. The Balaban J connectivity index is 1.62. The largest absolute Gasteiger partial charge is 0.494 e. The van der Waals surface area contributed by atoms with Crippen LogP contribution in [0.2, 0.25) is 0 Å². The zero-order valence-electron chi connectivity index (χ0n) is 13.3. The summed E-state index contributed by atoms with van der Waals surface area (Å²) in [5.41, 5.74) is 1.82. The summed E-state index contributed by atoms with van der Waals surface area (Å²) in [6.45, 7) is 0.660. The molecule has 3 aromatic rings. The molecule has 3 rings (SSSR count). The molecular weight excluding hydrogens is 292 g/mol. The van der Waals surface area contributed by atoms with Gasteiger partial charge in [0.25, 0.3) is 0 Å². The molecule has 2 aromatic carbocycles. The van der Waals surface area contributed by atoms with E-state index < -0.39 is 0 Å². The van der Waals surface area contributed by atoms with Crippen LogP contribution in [-0.4, -0.2) is 30.8 Å². The second kappa shape index (κ2) is 7.05. The summed E-state index contributed by atoms with van der Waals surface area (Å²) in [4.78, 5) is 7.91. The van der Waals surface area contributed by atoms with Crippen molar-refractivity contribution in [3.63, 3.8) is 0 Å². The van der Waals surface area contributed by atoms with Gasteiger partial charge in [-0.1, -0.05) is 18.2 Å². The van der Waals surface area contributed by atoms with E-state index in [2.05, 4.69) is 9.97 Å². The Morgan fingerprint density at radius 3 is 2.48 bits per heavy atom. The number of aryl methyl sites for hydroxylation is 1. The van der Waals surface area contributed by atoms with E-state index in [1.54, 1.807) is 14.2 Å². The number of aromatic nitrogens is 2. The van der Waals surface area contributed by atoms with Crippen LogP contribution in [0.25, 0.3) is 11.0 Å². The number of methoxy groups -OCH3 is 2. The summed E-state index contributed by atoms with van der Waals surface area (Å²) >= 11 is 0. The van der Waals surface area contributed by atoms with Crippen LogP contribution in [0.1, 0.15) is 12.2 Å². The Morgan fingerprint density at radius 1 is 1.00 bits per heavy atom. The number of nitrogens with one attached hydrogen (secondary N) is 1. The number of H-pyrrole nitrogens is 1. The van der Waals surface area contributed by atoms with Gasteiger partial charge in [-0.05, 0) is 18.6 Å². The number of imidazole rings is 1. The van der Waals surface area contributed by atoms with E-state index in [0.29, 0.717) is 18.1 Å². The lowest BCUT2D eigenvalue weighted by atomic mass is 10.3. The molecule has 23 heavy (non-hydrogen) atoms. The maximum atomic E-state index is 5.69. The van der Waals surface area contributed by atoms with Crippen LogP contribution in [0.15, 0.2) is 42.5 Å². The number of aromatic amines is 1. The third kappa shape index (κ3) is 3.56. The monoisotopic (exact) mass is 312 g/mol. The smallest absolute Gasteiger partial charge is 0.163 e. The average Bonchev–Trinajstić information content (AvgIpc) is 3.00. The summed E-state index contributed by atoms with van der Waals surface area (Å²) in [5, 5.41) is 0. The number of rotatable bonds is 7. The van der Waals surface area contributed by atoms with E-state index in [1.165, 1.54) is 0 Å². The van der Waals surface area contributed by atoms with Crippen molar-refractivity contribution in [1.82, 2.24) is 9.97 Å². The first-order chi connectivity index (χ1) is 11.3. The number of ether oxygens (including phenoxy) is 3. The fraction of sp³-hybridized carbons (Fsp3) is 0.278. The first-order valence-corrected chi connectivity index (χ1v) is 7.58. The Labute approximate surface area is 135 Å². The first-order valence-electron chi connectivity index (χ1n) is 7.58. The molecule has 0 bridgehead atoms. The van der Waals surface area contributed by atoms with Gasteiger partial charge in [0.2, 0.25) is 0 Å². The number of hydrogen-bond donors (Lipinski definition) is 1. The molecule has 0 aliphatic heterocycles. The van der Waals surface area contributed by atoms with E-state index >= 15 is 0 Å². The van der Waals surface area contributed by atoms with Gasteiger partial charge in [-0.25, -0.2) is 4.98 Å². The van der Waals surface area contributed by atoms with Gasteiger partial charge in [-0.2, -0.15) is 0 Å². The minimum Gasteiger partial charge on any atom is -0.494 e. The maximum Gasteiger partial charge on any atom is 0.163 e. The number of nitrogens with zero attached hydrogens (tertiary/aromatic N) is 1. The van der Waals surface area contributed by atoms with E-state index in [9.17, 15) is 0 Å². The molecule has 5 nitrogen and oxygen atoms in total. The van der Waals surface area contributed by atoms with Crippen LogP contribution >= 0.6 is 0 Å². The van der Waals surface area contributed by atoms with Crippen LogP contribution in [-0.2, 0) is 6.42 Å². The third-order valence-electron chi connectivity index (χ3n) is 3.61. The van der Waals surface area contributed by atoms with Gasteiger partial charge in [0, 0.05) is 18.6 Å². The molecule has 0 saturated carbocycles. The minimum atomic E-state index is 0.660. The molecule has 1 heterocycles. The fourth-order valence-corrected chi connectivity index (χ4v) is 2.45. The SMILES string of the molecule is COc1cc2nc(CCCOc3ccccc3)[nH]c2cc1OC. The minimum absolute atomic E-state index is 0.660. The van der Waals surface area contributed by atoms with Crippen LogP contribution in [0, 0.1) is 0 Å². The Bertz CT molecular complexity index is 728. The molecule has 0 spiro atoms. The van der Waals surface area contributed by atoms with E-state index in [4.69, 9.17) is 14.2 Å². The van der Waals surface area contributed by atoms with Crippen molar-refractivity contribution in [3.05, 3.63) is 48.3 Å². The van der Waals surface area contributed by atoms with Gasteiger partial charge in [-0.3, -0.25) is 0 Å². The number of hydrogen-bond acceptors (Lipinski definition) is 4. The van der Waals surface area contributed by atoms with Gasteiger partial charge in [0.15, 0.2) is 11.5 Å². The van der Waals surface area contributed by atoms with Gasteiger partial charge in [-0.15, -0.1) is 0 Å². The number of benzene rings is 2. The summed E-state index contributed by atoms with van der Waals surface area (Å²) in [6, 6.07) is 13.6. The average molecular weight is 312 g/mol. The van der Waals surface area contributed by atoms with E-state index in [1.807, 2.05) is 42.5 Å². The lowest BCUT2D eigenvalue weighted by molar-refractivity contribution is 0.310. The van der Waals surface area contributed by atoms with Crippen molar-refractivity contribution < 1.29 is 14.2 Å². The molecular formula is C18H20N2O3. The van der Waals surface area contributed by atoms with Crippen molar-refractivity contribution >= 4 is 11.0 Å². The Hall–Kier alpha value is -2.69. The highest BCUT2D eigenvalue weighted by atomic mass is 16.5. The molecule has 1 N–H and O–H groups in total. The standard InChI is InChI=1S/C18H20N2O3/c1-21-16-11-14-15(12-17(16)22-2)20-18(19-14)9-6-10-23-13-7-4-3-5-8-13/h3-5,7-8,11-12H,6,9-10H2,1-2H3,(H,19,20). The van der Waals surface area contributed by atoms with Gasteiger partial charge >= 0.3 is 0 Å². The zero-order chi connectivity index (χ0) is 16.1. The quantitative estimate of drug-likeness (QED) is 0.677. The van der Waals surface area contributed by atoms with Crippen molar-refractivity contribution in [2.75, 3.05) is 20.8 Å². The highest BCUT2D eigenvalue weighted by Gasteiger charge is 2.09. The lowest BCUT2D eigenvalue weighted by Gasteiger charge is -2.06. The Morgan fingerprint density at radius 2 is 1.74 bits per heavy atom. The lowest BCUT2D eigenvalue weighted by Crippen LogP contribution is -2.00. The summed E-state index contributed by atoms with van der Waals surface area (Å²) in [5.74, 6) is 3.21. The number of para-hydroxylation sites is 1. The topological polar surface area (TPSA) is 56.4 Å². The van der Waals surface area contributed by atoms with Crippen molar-refractivity contribution in [3.8, 4) is 17.2 Å². The molecule has 0 aliphatic carbocycles. The summed E-state index contributed by atoms with van der Waals surface area (Å²) in [6.07, 6.45) is 1.72. The third-order valence-corrected chi connectivity index (χ3v) is 3.61. The molecule has 0 unspecified atom stereocenters. The van der Waals surface area contributed by atoms with Crippen molar-refractivity contribution in [1.29, 1.82) is 0 Å². The van der Waals surface area contributed by atoms with Crippen LogP contribution in [0.4, 0.5) is 0 Å². The number of fused-ring (bicyclic) bond motifs is 1. The Kier molecular flexibility index (Phi) is 4.66. The van der Waals surface area contributed by atoms with Crippen LogP contribution in [0.3, 0.4) is 0 Å². The molecule has 0 fully saturated rings. The normalized spacial score (nSPS) is 10.7.